The highest BCUT2D eigenvalue weighted by Gasteiger charge is 2.35. The number of H-pyrrole nitrogens is 1. The van der Waals surface area contributed by atoms with E-state index in [2.05, 4.69) is 24.8 Å². The standard InChI is InChI=1S/C22H25F3N6O/c1-5-32-19-7-6-14(10-15(19)22(23,24)25)16-11-17-21(18(12-26)27-16)29-20(28-17)13-31(4)9-8-30(2)3/h6-7,10-11H,5,8-9,13H2,1-4H3,(H,28,29). The lowest BCUT2D eigenvalue weighted by atomic mass is 10.1. The Morgan fingerprint density at radius 2 is 1.88 bits per heavy atom. The van der Waals surface area contributed by atoms with Gasteiger partial charge < -0.3 is 14.6 Å². The van der Waals surface area contributed by atoms with E-state index < -0.39 is 11.7 Å². The number of benzene rings is 1. The Kier molecular flexibility index (Phi) is 7.01. The molecule has 0 atom stereocenters. The van der Waals surface area contributed by atoms with Crippen molar-refractivity contribution in [3.63, 3.8) is 0 Å². The van der Waals surface area contributed by atoms with E-state index in [1.807, 2.05) is 27.2 Å². The minimum atomic E-state index is -4.58. The van der Waals surface area contributed by atoms with Crippen LogP contribution in [0.25, 0.3) is 22.3 Å². The Morgan fingerprint density at radius 3 is 2.50 bits per heavy atom. The molecule has 0 aliphatic carbocycles. The summed E-state index contributed by atoms with van der Waals surface area (Å²) in [6.45, 7) is 3.97. The van der Waals surface area contributed by atoms with Crippen molar-refractivity contribution in [3.8, 4) is 23.1 Å². The second-order valence-electron chi connectivity index (χ2n) is 7.73. The van der Waals surface area contributed by atoms with Crippen LogP contribution in [0.5, 0.6) is 5.75 Å². The second-order valence-corrected chi connectivity index (χ2v) is 7.73. The van der Waals surface area contributed by atoms with Gasteiger partial charge in [-0.1, -0.05) is 0 Å². The molecule has 2 aromatic heterocycles. The molecule has 0 saturated carbocycles. The van der Waals surface area contributed by atoms with Crippen molar-refractivity contribution in [2.45, 2.75) is 19.6 Å². The van der Waals surface area contributed by atoms with Crippen LogP contribution in [0.4, 0.5) is 13.2 Å². The zero-order valence-electron chi connectivity index (χ0n) is 18.4. The monoisotopic (exact) mass is 446 g/mol. The Labute approximate surface area is 184 Å². The van der Waals surface area contributed by atoms with E-state index in [0.29, 0.717) is 23.4 Å². The van der Waals surface area contributed by atoms with Crippen LogP contribution in [-0.2, 0) is 12.7 Å². The number of pyridine rings is 1. The third kappa shape index (κ3) is 5.36. The Bertz CT molecular complexity index is 1130. The molecule has 32 heavy (non-hydrogen) atoms. The van der Waals surface area contributed by atoms with Crippen LogP contribution in [0, 0.1) is 11.3 Å². The van der Waals surface area contributed by atoms with Gasteiger partial charge in [-0.2, -0.15) is 18.4 Å². The number of hydrogen-bond acceptors (Lipinski definition) is 6. The predicted octanol–water partition coefficient (Wildman–Crippen LogP) is 3.91. The predicted molar refractivity (Wildman–Crippen MR) is 115 cm³/mol. The van der Waals surface area contributed by atoms with Gasteiger partial charge in [-0.15, -0.1) is 0 Å². The van der Waals surface area contributed by atoms with Crippen LogP contribution >= 0.6 is 0 Å². The molecule has 10 heteroatoms. The maximum absolute atomic E-state index is 13.5. The Balaban J connectivity index is 1.99. The second kappa shape index (κ2) is 9.54. The molecule has 0 spiro atoms. The van der Waals surface area contributed by atoms with Crippen molar-refractivity contribution in [1.29, 1.82) is 5.26 Å². The molecule has 0 saturated heterocycles. The quantitative estimate of drug-likeness (QED) is 0.565. The molecule has 0 fully saturated rings. The van der Waals surface area contributed by atoms with Crippen molar-refractivity contribution in [2.24, 2.45) is 0 Å². The van der Waals surface area contributed by atoms with Gasteiger partial charge >= 0.3 is 6.18 Å². The summed E-state index contributed by atoms with van der Waals surface area (Å²) in [5.41, 5.74) is 0.597. The van der Waals surface area contributed by atoms with Gasteiger partial charge in [0.15, 0.2) is 5.69 Å². The highest BCUT2D eigenvalue weighted by atomic mass is 19.4. The summed E-state index contributed by atoms with van der Waals surface area (Å²) in [6.07, 6.45) is -4.58. The first kappa shape index (κ1) is 23.5. The summed E-state index contributed by atoms with van der Waals surface area (Å²) in [4.78, 5) is 16.1. The van der Waals surface area contributed by atoms with Gasteiger partial charge in [0, 0.05) is 18.7 Å². The fourth-order valence-electron chi connectivity index (χ4n) is 3.26. The third-order valence-corrected chi connectivity index (χ3v) is 4.85. The van der Waals surface area contributed by atoms with Gasteiger partial charge in [0.1, 0.15) is 23.2 Å². The number of nitrogens with zero attached hydrogens (tertiary/aromatic N) is 5. The number of halogens is 3. The summed E-state index contributed by atoms with van der Waals surface area (Å²) in [6, 6.07) is 7.39. The zero-order chi connectivity index (χ0) is 23.5. The molecule has 3 aromatic rings. The SMILES string of the molecule is CCOc1ccc(-c2cc3[nH]c(CN(C)CCN(C)C)nc3c(C#N)n2)cc1C(F)(F)F. The number of aromatic nitrogens is 3. The van der Waals surface area contributed by atoms with Gasteiger partial charge in [-0.05, 0) is 52.3 Å². The van der Waals surface area contributed by atoms with E-state index in [0.717, 1.165) is 19.2 Å². The lowest BCUT2D eigenvalue weighted by Gasteiger charge is -2.17. The molecule has 0 aliphatic rings. The number of nitriles is 1. The number of rotatable bonds is 8. The zero-order valence-corrected chi connectivity index (χ0v) is 18.4. The van der Waals surface area contributed by atoms with Crippen LogP contribution in [-0.4, -0.2) is 65.6 Å². The minimum absolute atomic E-state index is 0.0541. The van der Waals surface area contributed by atoms with Crippen LogP contribution in [0.3, 0.4) is 0 Å². The van der Waals surface area contributed by atoms with Gasteiger partial charge in [-0.25, -0.2) is 9.97 Å². The normalized spacial score (nSPS) is 12.0. The van der Waals surface area contributed by atoms with Crippen LogP contribution in [0.1, 0.15) is 24.0 Å². The van der Waals surface area contributed by atoms with Gasteiger partial charge in [0.2, 0.25) is 0 Å². The molecule has 0 unspecified atom stereocenters. The third-order valence-electron chi connectivity index (χ3n) is 4.85. The number of hydrogen-bond donors (Lipinski definition) is 1. The topological polar surface area (TPSA) is 81.1 Å². The summed E-state index contributed by atoms with van der Waals surface area (Å²) >= 11 is 0. The molecule has 3 rings (SSSR count). The van der Waals surface area contributed by atoms with Crippen LogP contribution in [0.15, 0.2) is 24.3 Å². The fraction of sp³-hybridized carbons (Fsp3) is 0.409. The van der Waals surface area contributed by atoms with E-state index in [4.69, 9.17) is 4.74 Å². The highest BCUT2D eigenvalue weighted by molar-refractivity contribution is 5.84. The minimum Gasteiger partial charge on any atom is -0.493 e. The number of alkyl halides is 3. The van der Waals surface area contributed by atoms with E-state index in [1.165, 1.54) is 12.1 Å². The van der Waals surface area contributed by atoms with Gasteiger partial charge in [0.25, 0.3) is 0 Å². The Morgan fingerprint density at radius 1 is 1.12 bits per heavy atom. The summed E-state index contributed by atoms with van der Waals surface area (Å²) in [5, 5.41) is 9.56. The lowest BCUT2D eigenvalue weighted by Crippen LogP contribution is -2.28. The number of ether oxygens (including phenoxy) is 1. The smallest absolute Gasteiger partial charge is 0.419 e. The Hall–Kier alpha value is -3.16. The highest BCUT2D eigenvalue weighted by Crippen LogP contribution is 2.39. The van der Waals surface area contributed by atoms with E-state index in [-0.39, 0.29) is 29.3 Å². The summed E-state index contributed by atoms with van der Waals surface area (Å²) < 4.78 is 45.7. The van der Waals surface area contributed by atoms with Crippen LogP contribution < -0.4 is 4.74 Å². The van der Waals surface area contributed by atoms with Crippen molar-refractivity contribution >= 4 is 11.0 Å². The molecule has 1 N–H and O–H groups in total. The first-order valence-corrected chi connectivity index (χ1v) is 10.1. The molecular formula is C22H25F3N6O. The molecular weight excluding hydrogens is 421 g/mol. The first-order valence-electron chi connectivity index (χ1n) is 10.1. The number of nitrogens with one attached hydrogen (secondary N) is 1. The number of aromatic amines is 1. The molecule has 0 aliphatic heterocycles. The van der Waals surface area contributed by atoms with Crippen molar-refractivity contribution in [3.05, 3.63) is 41.3 Å². The number of likely N-dealkylation sites (N-methyl/N-ethyl adjacent to an activating group) is 2. The summed E-state index contributed by atoms with van der Waals surface area (Å²) in [5.74, 6) is 0.411. The fourth-order valence-corrected chi connectivity index (χ4v) is 3.26. The van der Waals surface area contributed by atoms with Crippen molar-refractivity contribution in [1.82, 2.24) is 24.8 Å². The molecule has 0 bridgehead atoms. The largest absolute Gasteiger partial charge is 0.493 e. The van der Waals surface area contributed by atoms with Gasteiger partial charge in [0.05, 0.1) is 29.9 Å². The van der Waals surface area contributed by atoms with Crippen molar-refractivity contribution < 1.29 is 17.9 Å². The molecule has 170 valence electrons. The molecule has 7 nitrogen and oxygen atoms in total. The molecule has 1 aromatic carbocycles. The maximum Gasteiger partial charge on any atom is 0.419 e. The average molecular weight is 446 g/mol. The van der Waals surface area contributed by atoms with E-state index in [1.54, 1.807) is 13.0 Å². The molecule has 0 amide bonds. The van der Waals surface area contributed by atoms with Crippen molar-refractivity contribution in [2.75, 3.05) is 40.8 Å². The lowest BCUT2D eigenvalue weighted by molar-refractivity contribution is -0.138. The molecule has 2 heterocycles. The average Bonchev–Trinajstić information content (AvgIpc) is 3.13. The maximum atomic E-state index is 13.5. The summed E-state index contributed by atoms with van der Waals surface area (Å²) in [7, 11) is 5.95. The van der Waals surface area contributed by atoms with Gasteiger partial charge in [-0.3, -0.25) is 4.90 Å². The molecule has 0 radical (unpaired) electrons. The van der Waals surface area contributed by atoms with Crippen LogP contribution in [0.2, 0.25) is 0 Å². The van der Waals surface area contributed by atoms with E-state index in [9.17, 15) is 18.4 Å². The first-order chi connectivity index (χ1) is 15.1. The number of fused-ring (bicyclic) bond motifs is 1. The number of imidazole rings is 1. The van der Waals surface area contributed by atoms with E-state index >= 15 is 0 Å².